The van der Waals surface area contributed by atoms with Crippen molar-refractivity contribution in [3.05, 3.63) is 35.2 Å². The van der Waals surface area contributed by atoms with Crippen LogP contribution in [0, 0.1) is 6.92 Å². The number of hydrogen-bond acceptors (Lipinski definition) is 2. The van der Waals surface area contributed by atoms with Gasteiger partial charge in [-0.05, 0) is 40.9 Å². The van der Waals surface area contributed by atoms with E-state index in [1.54, 1.807) is 0 Å². The lowest BCUT2D eigenvalue weighted by atomic mass is 10.0. The molecule has 1 radical (unpaired) electrons. The van der Waals surface area contributed by atoms with Gasteiger partial charge in [-0.2, -0.15) is 0 Å². The van der Waals surface area contributed by atoms with Gasteiger partial charge in [0.05, 0.1) is 11.1 Å². The van der Waals surface area contributed by atoms with E-state index in [1.165, 1.54) is 0 Å². The van der Waals surface area contributed by atoms with E-state index in [2.05, 4.69) is 29.8 Å². The van der Waals surface area contributed by atoms with E-state index >= 15 is 0 Å². The highest BCUT2D eigenvalue weighted by molar-refractivity contribution is 9.10. The molecule has 0 aliphatic carbocycles. The Balaban J connectivity index is 2.90. The molecule has 0 heterocycles. The van der Waals surface area contributed by atoms with Crippen LogP contribution in [0.4, 0.5) is 0 Å². The zero-order valence-corrected chi connectivity index (χ0v) is 10.5. The molecule has 0 spiro atoms. The molecular weight excluding hydrogens is 256 g/mol. The largest absolute Gasteiger partial charge is 0.492 e. The standard InChI is InChI=1S/C12H16BrO2/c1-3-7-15-11-6-4-5-10(12(11)13)9(2)8-14/h4-6,9,14H,2-3,7-8H2,1H3. The van der Waals surface area contributed by atoms with Crippen LogP contribution in [0.25, 0.3) is 0 Å². The first-order valence-electron chi connectivity index (χ1n) is 5.05. The first kappa shape index (κ1) is 12.5. The smallest absolute Gasteiger partial charge is 0.133 e. The van der Waals surface area contributed by atoms with Crippen molar-refractivity contribution in [3.8, 4) is 5.75 Å². The molecule has 1 atom stereocenters. The van der Waals surface area contributed by atoms with Gasteiger partial charge in [-0.15, -0.1) is 0 Å². The summed E-state index contributed by atoms with van der Waals surface area (Å²) in [6.45, 7) is 6.67. The quantitative estimate of drug-likeness (QED) is 0.892. The molecule has 0 saturated heterocycles. The maximum Gasteiger partial charge on any atom is 0.133 e. The molecule has 0 aliphatic heterocycles. The summed E-state index contributed by atoms with van der Waals surface area (Å²) < 4.78 is 6.46. The number of halogens is 1. The van der Waals surface area contributed by atoms with Gasteiger partial charge >= 0.3 is 0 Å². The van der Waals surface area contributed by atoms with Crippen LogP contribution >= 0.6 is 15.9 Å². The van der Waals surface area contributed by atoms with Crippen molar-refractivity contribution in [1.82, 2.24) is 0 Å². The second kappa shape index (κ2) is 6.13. The molecule has 1 rings (SSSR count). The third kappa shape index (κ3) is 3.21. The first-order valence-corrected chi connectivity index (χ1v) is 5.85. The van der Waals surface area contributed by atoms with E-state index < -0.39 is 0 Å². The van der Waals surface area contributed by atoms with Crippen LogP contribution < -0.4 is 4.74 Å². The van der Waals surface area contributed by atoms with Crippen LogP contribution in [0.5, 0.6) is 5.75 Å². The summed E-state index contributed by atoms with van der Waals surface area (Å²) in [6.07, 6.45) is 0.977. The van der Waals surface area contributed by atoms with Crippen LogP contribution in [-0.4, -0.2) is 18.3 Å². The van der Waals surface area contributed by atoms with E-state index in [-0.39, 0.29) is 12.5 Å². The third-order valence-corrected chi connectivity index (χ3v) is 2.96. The van der Waals surface area contributed by atoms with Crippen LogP contribution in [0.15, 0.2) is 22.7 Å². The Kier molecular flexibility index (Phi) is 5.12. The highest BCUT2D eigenvalue weighted by Gasteiger charge is 2.11. The van der Waals surface area contributed by atoms with Crippen molar-refractivity contribution in [2.75, 3.05) is 13.2 Å². The van der Waals surface area contributed by atoms with Crippen molar-refractivity contribution in [2.24, 2.45) is 0 Å². The van der Waals surface area contributed by atoms with E-state index in [0.29, 0.717) is 6.61 Å². The summed E-state index contributed by atoms with van der Waals surface area (Å²) in [5, 5.41) is 9.06. The van der Waals surface area contributed by atoms with Crippen LogP contribution in [0.2, 0.25) is 0 Å². The molecule has 83 valence electrons. The summed E-state index contributed by atoms with van der Waals surface area (Å²) in [7, 11) is 0. The molecule has 15 heavy (non-hydrogen) atoms. The van der Waals surface area contributed by atoms with Gasteiger partial charge in [0.25, 0.3) is 0 Å². The Bertz CT molecular complexity index is 312. The fourth-order valence-corrected chi connectivity index (χ4v) is 1.97. The van der Waals surface area contributed by atoms with Crippen LogP contribution in [0.1, 0.15) is 24.8 Å². The fourth-order valence-electron chi connectivity index (χ4n) is 1.26. The minimum absolute atomic E-state index is 0.0375. The molecule has 2 nitrogen and oxygen atoms in total. The monoisotopic (exact) mass is 271 g/mol. The first-order chi connectivity index (χ1) is 7.20. The van der Waals surface area contributed by atoms with Gasteiger partial charge in [0.15, 0.2) is 0 Å². The normalized spacial score (nSPS) is 12.5. The molecular formula is C12H16BrO2. The Morgan fingerprint density at radius 1 is 1.53 bits per heavy atom. The average Bonchev–Trinajstić information content (AvgIpc) is 2.27. The molecule has 0 aliphatic rings. The zero-order valence-electron chi connectivity index (χ0n) is 8.87. The van der Waals surface area contributed by atoms with Crippen molar-refractivity contribution in [2.45, 2.75) is 19.3 Å². The van der Waals surface area contributed by atoms with Crippen molar-refractivity contribution < 1.29 is 9.84 Å². The Morgan fingerprint density at radius 2 is 2.27 bits per heavy atom. The molecule has 1 N–H and O–H groups in total. The molecule has 0 saturated carbocycles. The van der Waals surface area contributed by atoms with Gasteiger partial charge < -0.3 is 9.84 Å². The molecule has 1 aromatic carbocycles. The third-order valence-electron chi connectivity index (χ3n) is 2.12. The Morgan fingerprint density at radius 3 is 2.87 bits per heavy atom. The van der Waals surface area contributed by atoms with Gasteiger partial charge in [-0.25, -0.2) is 0 Å². The predicted octanol–water partition coefficient (Wildman–Crippen LogP) is 3.15. The van der Waals surface area contributed by atoms with Crippen molar-refractivity contribution >= 4 is 15.9 Å². The maximum absolute atomic E-state index is 9.06. The zero-order chi connectivity index (χ0) is 11.3. The number of aliphatic hydroxyl groups excluding tert-OH is 1. The van der Waals surface area contributed by atoms with E-state index in [1.807, 2.05) is 18.2 Å². The maximum atomic E-state index is 9.06. The molecule has 0 aromatic heterocycles. The van der Waals surface area contributed by atoms with Gasteiger partial charge in [-0.1, -0.05) is 19.1 Å². The van der Waals surface area contributed by atoms with Gasteiger partial charge in [0.2, 0.25) is 0 Å². The summed E-state index contributed by atoms with van der Waals surface area (Å²) in [5.74, 6) is 0.695. The Labute approximate surface area is 99.4 Å². The summed E-state index contributed by atoms with van der Waals surface area (Å²) in [6, 6.07) is 5.77. The van der Waals surface area contributed by atoms with E-state index in [0.717, 1.165) is 22.2 Å². The lowest BCUT2D eigenvalue weighted by Crippen LogP contribution is -2.02. The summed E-state index contributed by atoms with van der Waals surface area (Å²) in [5.41, 5.74) is 0.978. The van der Waals surface area contributed by atoms with Crippen molar-refractivity contribution in [1.29, 1.82) is 0 Å². The summed E-state index contributed by atoms with van der Waals surface area (Å²) in [4.78, 5) is 0. The van der Waals surface area contributed by atoms with Gasteiger partial charge in [0, 0.05) is 12.5 Å². The van der Waals surface area contributed by atoms with Gasteiger partial charge in [-0.3, -0.25) is 0 Å². The summed E-state index contributed by atoms with van der Waals surface area (Å²) >= 11 is 3.48. The molecule has 3 heteroatoms. The molecule has 0 bridgehead atoms. The number of rotatable bonds is 5. The SMILES string of the molecule is [CH2]C(CO)c1cccc(OCCC)c1Br. The molecule has 0 fully saturated rings. The number of benzene rings is 1. The van der Waals surface area contributed by atoms with Crippen LogP contribution in [-0.2, 0) is 0 Å². The predicted molar refractivity (Wildman–Crippen MR) is 65.1 cm³/mol. The van der Waals surface area contributed by atoms with Crippen LogP contribution in [0.3, 0.4) is 0 Å². The lowest BCUT2D eigenvalue weighted by molar-refractivity contribution is 0.281. The average molecular weight is 272 g/mol. The topological polar surface area (TPSA) is 29.5 Å². The highest BCUT2D eigenvalue weighted by atomic mass is 79.9. The fraction of sp³-hybridized carbons (Fsp3) is 0.417. The second-order valence-electron chi connectivity index (χ2n) is 3.39. The highest BCUT2D eigenvalue weighted by Crippen LogP contribution is 2.32. The van der Waals surface area contributed by atoms with Gasteiger partial charge in [0.1, 0.15) is 5.75 Å². The second-order valence-corrected chi connectivity index (χ2v) is 4.18. The minimum atomic E-state index is -0.121. The number of hydrogen-bond donors (Lipinski definition) is 1. The number of ether oxygens (including phenoxy) is 1. The lowest BCUT2D eigenvalue weighted by Gasteiger charge is -2.14. The molecule has 1 unspecified atom stereocenters. The molecule has 0 amide bonds. The molecule has 1 aromatic rings. The van der Waals surface area contributed by atoms with Crippen molar-refractivity contribution in [3.63, 3.8) is 0 Å². The van der Waals surface area contributed by atoms with E-state index in [9.17, 15) is 0 Å². The van der Waals surface area contributed by atoms with E-state index in [4.69, 9.17) is 9.84 Å². The minimum Gasteiger partial charge on any atom is -0.492 e. The Hall–Kier alpha value is -0.540. The number of aliphatic hydroxyl groups is 1.